The molecule has 2 rings (SSSR count). The number of carbonyl (C=O) groups excluding carboxylic acids is 2. The van der Waals surface area contributed by atoms with Crippen LogP contribution in [0.3, 0.4) is 0 Å². The fraction of sp³-hybridized carbons (Fsp3) is 0.333. The molecule has 2 amide bonds. The minimum atomic E-state index is -1.72. The van der Waals surface area contributed by atoms with Crippen molar-refractivity contribution in [3.05, 3.63) is 30.3 Å². The van der Waals surface area contributed by atoms with Gasteiger partial charge in [-0.1, -0.05) is 23.4 Å². The summed E-state index contributed by atoms with van der Waals surface area (Å²) in [6, 6.07) is 8.82. The molecule has 1 aromatic rings. The summed E-state index contributed by atoms with van der Waals surface area (Å²) >= 11 is 0. The van der Waals surface area contributed by atoms with Gasteiger partial charge >= 0.3 is 6.09 Å². The number of benzene rings is 1. The standard InChI is InChI=1S/C15H18N4O5/c1-10-15(11(2)17-23-4,24-18-14(21)22-3)13(20)19(16-10)12-8-6-5-7-9-12/h5-9H,1-4H3,(H,18,21)/b17-11+. The van der Waals surface area contributed by atoms with E-state index in [2.05, 4.69) is 20.5 Å². The number of anilines is 1. The largest absolute Gasteiger partial charge is 0.451 e. The molecule has 1 heterocycles. The Kier molecular flexibility index (Phi) is 5.14. The molecule has 0 spiro atoms. The summed E-state index contributed by atoms with van der Waals surface area (Å²) in [6.45, 7) is 3.13. The molecular weight excluding hydrogens is 316 g/mol. The number of hydrogen-bond acceptors (Lipinski definition) is 7. The maximum atomic E-state index is 13.0. The molecular formula is C15H18N4O5. The van der Waals surface area contributed by atoms with Crippen LogP contribution < -0.4 is 10.5 Å². The number of carbonyl (C=O) groups is 2. The van der Waals surface area contributed by atoms with Crippen molar-refractivity contribution < 1.29 is 24.0 Å². The lowest BCUT2D eigenvalue weighted by Crippen LogP contribution is -2.57. The number of hydroxylamine groups is 1. The number of nitrogens with zero attached hydrogens (tertiary/aromatic N) is 3. The highest BCUT2D eigenvalue weighted by Gasteiger charge is 2.55. The second-order valence-corrected chi connectivity index (χ2v) is 4.87. The minimum Gasteiger partial charge on any atom is -0.451 e. The summed E-state index contributed by atoms with van der Waals surface area (Å²) in [4.78, 5) is 34.5. The number of hydrazone groups is 1. The van der Waals surface area contributed by atoms with Crippen LogP contribution in [0.1, 0.15) is 13.8 Å². The van der Waals surface area contributed by atoms with Gasteiger partial charge in [0.1, 0.15) is 12.8 Å². The van der Waals surface area contributed by atoms with Crippen molar-refractivity contribution in [3.63, 3.8) is 0 Å². The van der Waals surface area contributed by atoms with Gasteiger partial charge in [-0.3, -0.25) is 4.79 Å². The van der Waals surface area contributed by atoms with E-state index in [0.29, 0.717) is 5.69 Å². The van der Waals surface area contributed by atoms with E-state index in [-0.39, 0.29) is 11.4 Å². The predicted octanol–water partition coefficient (Wildman–Crippen LogP) is 1.46. The SMILES string of the molecule is CO/N=C(\C)C1(ONC(=O)OC)C(=O)N(c2ccccc2)N=C1C. The zero-order chi connectivity index (χ0) is 17.7. The van der Waals surface area contributed by atoms with Crippen molar-refractivity contribution in [2.45, 2.75) is 19.4 Å². The first-order valence-corrected chi connectivity index (χ1v) is 7.02. The highest BCUT2D eigenvalue weighted by molar-refractivity contribution is 6.35. The molecule has 0 fully saturated rings. The van der Waals surface area contributed by atoms with E-state index in [1.165, 1.54) is 26.2 Å². The lowest BCUT2D eigenvalue weighted by molar-refractivity contribution is -0.133. The van der Waals surface area contributed by atoms with E-state index in [1.807, 2.05) is 6.07 Å². The molecule has 0 bridgehead atoms. The maximum Gasteiger partial charge on any atom is 0.431 e. The van der Waals surface area contributed by atoms with Crippen LogP contribution >= 0.6 is 0 Å². The topological polar surface area (TPSA) is 102 Å². The summed E-state index contributed by atoms with van der Waals surface area (Å²) in [7, 11) is 2.51. The van der Waals surface area contributed by atoms with Crippen molar-refractivity contribution in [1.82, 2.24) is 5.48 Å². The van der Waals surface area contributed by atoms with E-state index in [1.54, 1.807) is 31.2 Å². The van der Waals surface area contributed by atoms with Gasteiger partial charge in [0.15, 0.2) is 0 Å². The van der Waals surface area contributed by atoms with Gasteiger partial charge in [-0.05, 0) is 26.0 Å². The summed E-state index contributed by atoms with van der Waals surface area (Å²) in [5.41, 5.74) is 1.35. The van der Waals surface area contributed by atoms with Crippen LogP contribution in [0.25, 0.3) is 0 Å². The zero-order valence-corrected chi connectivity index (χ0v) is 13.8. The molecule has 0 radical (unpaired) electrons. The number of methoxy groups -OCH3 is 1. The molecule has 9 heteroatoms. The number of hydrogen-bond donors (Lipinski definition) is 1. The molecule has 24 heavy (non-hydrogen) atoms. The van der Waals surface area contributed by atoms with Gasteiger partial charge in [-0.2, -0.15) is 15.6 Å². The molecule has 0 aliphatic carbocycles. The third kappa shape index (κ3) is 2.93. The van der Waals surface area contributed by atoms with E-state index < -0.39 is 17.6 Å². The van der Waals surface area contributed by atoms with E-state index in [9.17, 15) is 9.59 Å². The van der Waals surface area contributed by atoms with Crippen molar-refractivity contribution in [1.29, 1.82) is 0 Å². The van der Waals surface area contributed by atoms with Gasteiger partial charge in [0, 0.05) is 0 Å². The second-order valence-electron chi connectivity index (χ2n) is 4.87. The van der Waals surface area contributed by atoms with Gasteiger partial charge in [0.05, 0.1) is 18.5 Å². The fourth-order valence-corrected chi connectivity index (χ4v) is 2.28. The summed E-state index contributed by atoms with van der Waals surface area (Å²) in [6.07, 6.45) is -0.863. The van der Waals surface area contributed by atoms with Crippen molar-refractivity contribution in [2.75, 3.05) is 19.2 Å². The van der Waals surface area contributed by atoms with Gasteiger partial charge in [-0.25, -0.2) is 9.63 Å². The fourth-order valence-electron chi connectivity index (χ4n) is 2.28. The molecule has 128 valence electrons. The Labute approximate surface area is 138 Å². The number of amides is 2. The Bertz CT molecular complexity index is 688. The van der Waals surface area contributed by atoms with Gasteiger partial charge in [0.2, 0.25) is 0 Å². The number of para-hydroxylation sites is 1. The first-order chi connectivity index (χ1) is 11.5. The third-order valence-corrected chi connectivity index (χ3v) is 3.46. The molecule has 9 nitrogen and oxygen atoms in total. The molecule has 1 unspecified atom stereocenters. The molecule has 1 aromatic carbocycles. The molecule has 1 aliphatic heterocycles. The van der Waals surface area contributed by atoms with Crippen molar-refractivity contribution in [2.24, 2.45) is 10.3 Å². The summed E-state index contributed by atoms with van der Waals surface area (Å²) in [5, 5.41) is 9.21. The average molecular weight is 334 g/mol. The minimum absolute atomic E-state index is 0.172. The zero-order valence-electron chi connectivity index (χ0n) is 13.8. The number of rotatable bonds is 5. The number of ether oxygens (including phenoxy) is 1. The third-order valence-electron chi connectivity index (χ3n) is 3.46. The van der Waals surface area contributed by atoms with Crippen LogP contribution in [0.5, 0.6) is 0 Å². The Balaban J connectivity index is 2.43. The van der Waals surface area contributed by atoms with Gasteiger partial charge < -0.3 is 9.57 Å². The number of nitrogens with one attached hydrogen (secondary N) is 1. The molecule has 1 N–H and O–H groups in total. The van der Waals surface area contributed by atoms with Crippen LogP contribution in [0.15, 0.2) is 40.6 Å². The Hall–Kier alpha value is -2.94. The first-order valence-electron chi connectivity index (χ1n) is 7.02. The Morgan fingerprint density at radius 2 is 1.96 bits per heavy atom. The first kappa shape index (κ1) is 17.4. The van der Waals surface area contributed by atoms with Crippen LogP contribution in [0, 0.1) is 0 Å². The van der Waals surface area contributed by atoms with Crippen LogP contribution in [-0.4, -0.2) is 43.2 Å². The van der Waals surface area contributed by atoms with Crippen LogP contribution in [-0.2, 0) is 19.2 Å². The lowest BCUT2D eigenvalue weighted by atomic mass is 9.93. The van der Waals surface area contributed by atoms with Crippen LogP contribution in [0.2, 0.25) is 0 Å². The van der Waals surface area contributed by atoms with E-state index in [0.717, 1.165) is 0 Å². The average Bonchev–Trinajstić information content (AvgIpc) is 2.85. The highest BCUT2D eigenvalue weighted by atomic mass is 16.7. The summed E-state index contributed by atoms with van der Waals surface area (Å²) < 4.78 is 4.47. The van der Waals surface area contributed by atoms with Crippen molar-refractivity contribution in [3.8, 4) is 0 Å². The predicted molar refractivity (Wildman–Crippen MR) is 86.5 cm³/mol. The smallest absolute Gasteiger partial charge is 0.431 e. The van der Waals surface area contributed by atoms with E-state index in [4.69, 9.17) is 9.68 Å². The molecule has 1 aliphatic rings. The highest BCUT2D eigenvalue weighted by Crippen LogP contribution is 2.30. The quantitative estimate of drug-likeness (QED) is 0.649. The second kappa shape index (κ2) is 7.09. The number of oxime groups is 1. The summed E-state index contributed by atoms with van der Waals surface area (Å²) in [5.74, 6) is -0.541. The van der Waals surface area contributed by atoms with Gasteiger partial charge in [-0.15, -0.1) is 0 Å². The van der Waals surface area contributed by atoms with Crippen LogP contribution in [0.4, 0.5) is 10.5 Å². The monoisotopic (exact) mass is 334 g/mol. The Morgan fingerprint density at radius 3 is 2.54 bits per heavy atom. The van der Waals surface area contributed by atoms with Gasteiger partial charge in [0.25, 0.3) is 11.5 Å². The molecule has 0 aromatic heterocycles. The molecule has 1 atom stereocenters. The molecule has 0 saturated heterocycles. The maximum absolute atomic E-state index is 13.0. The van der Waals surface area contributed by atoms with Crippen molar-refractivity contribution >= 4 is 29.1 Å². The van der Waals surface area contributed by atoms with E-state index >= 15 is 0 Å². The normalized spacial score (nSPS) is 20.7. The molecule has 0 saturated carbocycles. The lowest BCUT2D eigenvalue weighted by Gasteiger charge is -2.26. The Morgan fingerprint density at radius 1 is 1.29 bits per heavy atom.